The number of hydrogen-bond acceptors (Lipinski definition) is 7. The maximum Gasteiger partial charge on any atom is 0.337 e. The summed E-state index contributed by atoms with van der Waals surface area (Å²) in [7, 11) is 1.33. The lowest BCUT2D eigenvalue weighted by molar-refractivity contribution is -0.138. The molecule has 1 heterocycles. The molecule has 1 N–H and O–H groups in total. The van der Waals surface area contributed by atoms with Gasteiger partial charge in [-0.05, 0) is 42.2 Å². The van der Waals surface area contributed by atoms with Crippen LogP contribution in [0.3, 0.4) is 0 Å². The fraction of sp³-hybridized carbons (Fsp3) is 0.480. The van der Waals surface area contributed by atoms with E-state index in [9.17, 15) is 14.4 Å². The first kappa shape index (κ1) is 24.1. The quantitative estimate of drug-likeness (QED) is 0.481. The minimum Gasteiger partial charge on any atom is -0.465 e. The lowest BCUT2D eigenvalue weighted by atomic mass is 9.68. The van der Waals surface area contributed by atoms with Crippen LogP contribution >= 0.6 is 11.8 Å². The summed E-state index contributed by atoms with van der Waals surface area (Å²) in [6, 6.07) is 6.90. The molecule has 0 saturated heterocycles. The van der Waals surface area contributed by atoms with E-state index in [0.717, 1.165) is 29.2 Å². The molecule has 1 aliphatic carbocycles. The monoisotopic (exact) mass is 457 g/mol. The highest BCUT2D eigenvalue weighted by Gasteiger charge is 2.43. The van der Waals surface area contributed by atoms with E-state index >= 15 is 0 Å². The van der Waals surface area contributed by atoms with Gasteiger partial charge in [-0.15, -0.1) is 0 Å². The van der Waals surface area contributed by atoms with Crippen LogP contribution in [-0.2, 0) is 19.1 Å². The number of Topliss-reactive ketones (excluding diaryl/α,β-unsaturated/α-hetero) is 1. The first-order chi connectivity index (χ1) is 15.2. The maximum atomic E-state index is 13.3. The third kappa shape index (κ3) is 5.09. The smallest absolute Gasteiger partial charge is 0.337 e. The van der Waals surface area contributed by atoms with E-state index in [1.807, 2.05) is 6.92 Å². The molecule has 0 bridgehead atoms. The average molecular weight is 458 g/mol. The van der Waals surface area contributed by atoms with E-state index in [4.69, 9.17) is 9.47 Å². The van der Waals surface area contributed by atoms with Gasteiger partial charge in [-0.2, -0.15) is 11.8 Å². The number of carbonyl (C=O) groups excluding carboxylic acids is 3. The topological polar surface area (TPSA) is 81.7 Å². The van der Waals surface area contributed by atoms with E-state index < -0.39 is 17.9 Å². The number of allylic oxidation sites excluding steroid dienone is 3. The molecule has 0 aromatic heterocycles. The number of methoxy groups -OCH3 is 1. The van der Waals surface area contributed by atoms with Crippen LogP contribution in [0.4, 0.5) is 0 Å². The lowest BCUT2D eigenvalue weighted by Gasteiger charge is -2.39. The van der Waals surface area contributed by atoms with Crippen molar-refractivity contribution in [1.29, 1.82) is 0 Å². The molecule has 1 atom stereocenters. The van der Waals surface area contributed by atoms with Crippen LogP contribution < -0.4 is 5.32 Å². The molecule has 6 nitrogen and oxygen atoms in total. The summed E-state index contributed by atoms with van der Waals surface area (Å²) in [6.07, 6.45) is 1.14. The molecule has 172 valence electrons. The molecule has 2 aliphatic rings. The fourth-order valence-corrected chi connectivity index (χ4v) is 4.87. The predicted octanol–water partition coefficient (Wildman–Crippen LogP) is 4.37. The largest absolute Gasteiger partial charge is 0.465 e. The summed E-state index contributed by atoms with van der Waals surface area (Å²) in [5.74, 6) is 0.325. The van der Waals surface area contributed by atoms with Crippen molar-refractivity contribution in [2.45, 2.75) is 46.5 Å². The van der Waals surface area contributed by atoms with E-state index in [1.54, 1.807) is 36.0 Å². The Morgan fingerprint density at radius 3 is 2.47 bits per heavy atom. The molecule has 0 fully saturated rings. The van der Waals surface area contributed by atoms with Gasteiger partial charge in [0.1, 0.15) is 6.61 Å². The number of carbonyl (C=O) groups is 3. The number of benzene rings is 1. The van der Waals surface area contributed by atoms with Gasteiger partial charge in [0.15, 0.2) is 5.78 Å². The normalized spacial score (nSPS) is 19.9. The molecule has 32 heavy (non-hydrogen) atoms. The van der Waals surface area contributed by atoms with Crippen molar-refractivity contribution in [2.24, 2.45) is 5.41 Å². The van der Waals surface area contributed by atoms with Crippen LogP contribution in [-0.4, -0.2) is 42.9 Å². The second kappa shape index (κ2) is 9.94. The summed E-state index contributed by atoms with van der Waals surface area (Å²) in [5, 5.41) is 3.33. The number of esters is 2. The molecule has 0 unspecified atom stereocenters. The minimum atomic E-state index is -0.534. The molecular formula is C25H31NO5S. The van der Waals surface area contributed by atoms with Gasteiger partial charge in [-0.1, -0.05) is 32.9 Å². The van der Waals surface area contributed by atoms with Crippen LogP contribution in [0.2, 0.25) is 0 Å². The SMILES string of the molecule is CCSCCOC(=O)C1=C(C)NC2=C(C(=O)CC(C)(C)C2)[C@@H]1c1ccc(C(=O)OC)cc1. The number of nitrogens with one attached hydrogen (secondary N) is 1. The standard InChI is InChI=1S/C25H31NO5S/c1-6-32-12-11-31-24(29)20-15(2)26-18-13-25(3,4)14-19(27)22(18)21(20)16-7-9-17(10-8-16)23(28)30-5/h7-10,21,26H,6,11-14H2,1-5H3/t21-/m1/s1. The van der Waals surface area contributed by atoms with Gasteiger partial charge in [-0.25, -0.2) is 9.59 Å². The molecule has 1 aromatic rings. The van der Waals surface area contributed by atoms with E-state index in [-0.39, 0.29) is 11.2 Å². The summed E-state index contributed by atoms with van der Waals surface area (Å²) in [4.78, 5) is 38.3. The fourth-order valence-electron chi connectivity index (χ4n) is 4.38. The number of hydrogen-bond donors (Lipinski definition) is 1. The zero-order chi connectivity index (χ0) is 23.5. The summed E-state index contributed by atoms with van der Waals surface area (Å²) >= 11 is 1.70. The van der Waals surface area contributed by atoms with Crippen molar-refractivity contribution < 1.29 is 23.9 Å². The van der Waals surface area contributed by atoms with Gasteiger partial charge >= 0.3 is 11.9 Å². The Bertz CT molecular complexity index is 975. The third-order valence-electron chi connectivity index (χ3n) is 5.79. The highest BCUT2D eigenvalue weighted by molar-refractivity contribution is 7.99. The number of rotatable bonds is 7. The van der Waals surface area contributed by atoms with Crippen molar-refractivity contribution in [1.82, 2.24) is 5.32 Å². The van der Waals surface area contributed by atoms with E-state index in [0.29, 0.717) is 35.4 Å². The van der Waals surface area contributed by atoms with Gasteiger partial charge < -0.3 is 14.8 Å². The molecule has 1 aromatic carbocycles. The molecule has 3 rings (SSSR count). The summed E-state index contributed by atoms with van der Waals surface area (Å²) in [6.45, 7) is 8.37. The molecular weight excluding hydrogens is 426 g/mol. The Labute approximate surface area is 193 Å². The van der Waals surface area contributed by atoms with Crippen molar-refractivity contribution in [3.8, 4) is 0 Å². The Balaban J connectivity index is 2.03. The zero-order valence-electron chi connectivity index (χ0n) is 19.4. The number of ketones is 1. The van der Waals surface area contributed by atoms with Crippen LogP contribution in [0, 0.1) is 5.41 Å². The molecule has 1 aliphatic heterocycles. The van der Waals surface area contributed by atoms with Gasteiger partial charge in [-0.3, -0.25) is 4.79 Å². The third-order valence-corrected chi connectivity index (χ3v) is 6.65. The first-order valence-corrected chi connectivity index (χ1v) is 12.0. The van der Waals surface area contributed by atoms with Crippen molar-refractivity contribution >= 4 is 29.5 Å². The summed E-state index contributed by atoms with van der Waals surface area (Å²) in [5.41, 5.74) is 3.66. The van der Waals surface area contributed by atoms with Crippen molar-refractivity contribution in [3.63, 3.8) is 0 Å². The molecule has 0 radical (unpaired) electrons. The van der Waals surface area contributed by atoms with Crippen molar-refractivity contribution in [2.75, 3.05) is 25.2 Å². The second-order valence-electron chi connectivity index (χ2n) is 8.88. The van der Waals surface area contributed by atoms with Crippen LogP contribution in [0.5, 0.6) is 0 Å². The number of ether oxygens (including phenoxy) is 2. The van der Waals surface area contributed by atoms with Crippen LogP contribution in [0.1, 0.15) is 62.4 Å². The van der Waals surface area contributed by atoms with Crippen LogP contribution in [0.15, 0.2) is 46.8 Å². The predicted molar refractivity (Wildman–Crippen MR) is 125 cm³/mol. The summed E-state index contributed by atoms with van der Waals surface area (Å²) < 4.78 is 10.4. The first-order valence-electron chi connectivity index (χ1n) is 10.9. The van der Waals surface area contributed by atoms with Crippen molar-refractivity contribution in [3.05, 3.63) is 57.9 Å². The number of dihydropyridines is 1. The van der Waals surface area contributed by atoms with Gasteiger partial charge in [0.2, 0.25) is 0 Å². The second-order valence-corrected chi connectivity index (χ2v) is 10.3. The lowest BCUT2D eigenvalue weighted by Crippen LogP contribution is -2.38. The highest BCUT2D eigenvalue weighted by Crippen LogP contribution is 2.46. The zero-order valence-corrected chi connectivity index (χ0v) is 20.2. The Morgan fingerprint density at radius 2 is 1.84 bits per heavy atom. The maximum absolute atomic E-state index is 13.3. The number of thioether (sulfide) groups is 1. The highest BCUT2D eigenvalue weighted by atomic mass is 32.2. The van der Waals surface area contributed by atoms with Gasteiger partial charge in [0.25, 0.3) is 0 Å². The molecule has 0 amide bonds. The Hall–Kier alpha value is -2.54. The molecule has 0 saturated carbocycles. The van der Waals surface area contributed by atoms with Gasteiger partial charge in [0.05, 0.1) is 18.2 Å². The molecule has 0 spiro atoms. The average Bonchev–Trinajstić information content (AvgIpc) is 2.74. The minimum absolute atomic E-state index is 0.0325. The van der Waals surface area contributed by atoms with Crippen LogP contribution in [0.25, 0.3) is 0 Å². The Kier molecular flexibility index (Phi) is 7.49. The molecule has 7 heteroatoms. The van der Waals surface area contributed by atoms with E-state index in [2.05, 4.69) is 26.1 Å². The van der Waals surface area contributed by atoms with E-state index in [1.165, 1.54) is 7.11 Å². The Morgan fingerprint density at radius 1 is 1.16 bits per heavy atom. The van der Waals surface area contributed by atoms with Gasteiger partial charge in [0, 0.05) is 35.1 Å².